The lowest BCUT2D eigenvalue weighted by Gasteiger charge is -2.13. The minimum absolute atomic E-state index is 0.172. The highest BCUT2D eigenvalue weighted by Gasteiger charge is 2.11. The maximum atomic E-state index is 12.1. The zero-order chi connectivity index (χ0) is 16.8. The number of rotatable bonds is 6. The van der Waals surface area contributed by atoms with Crippen LogP contribution in [0.1, 0.15) is 21.5 Å². The van der Waals surface area contributed by atoms with Gasteiger partial charge in [0.05, 0.1) is 24.8 Å². The molecule has 0 atom stereocenters. The van der Waals surface area contributed by atoms with Gasteiger partial charge in [0.25, 0.3) is 5.91 Å². The van der Waals surface area contributed by atoms with Gasteiger partial charge in [0.1, 0.15) is 0 Å². The molecule has 0 aliphatic heterocycles. The third kappa shape index (κ3) is 4.17. The van der Waals surface area contributed by atoms with Crippen LogP contribution in [0, 0.1) is 6.92 Å². The summed E-state index contributed by atoms with van der Waals surface area (Å²) in [5.41, 5.74) is 2.68. The number of aryl methyl sites for hydroxylation is 1. The zero-order valence-electron chi connectivity index (χ0n) is 13.5. The molecule has 5 heteroatoms. The fourth-order valence-electron chi connectivity index (χ4n) is 2.34. The normalized spacial score (nSPS) is 10.3. The molecule has 0 aromatic heterocycles. The third-order valence-corrected chi connectivity index (χ3v) is 3.97. The van der Waals surface area contributed by atoms with E-state index in [1.165, 1.54) is 0 Å². The lowest BCUT2D eigenvalue weighted by molar-refractivity contribution is 0.0954. The molecule has 0 aliphatic rings. The van der Waals surface area contributed by atoms with Gasteiger partial charge in [-0.2, -0.15) is 0 Å². The standard InChI is InChI=1S/C18H20ClNO3/c1-12-10-16(22-2)17(23-3)11-13(12)8-9-20-18(21)14-6-4-5-7-15(14)19/h4-7,10-11H,8-9H2,1-3H3,(H,20,21). The van der Waals surface area contributed by atoms with Crippen molar-refractivity contribution >= 4 is 17.5 Å². The van der Waals surface area contributed by atoms with Gasteiger partial charge in [-0.1, -0.05) is 23.7 Å². The Hall–Kier alpha value is -2.20. The van der Waals surface area contributed by atoms with Crippen LogP contribution in [0.3, 0.4) is 0 Å². The second-order valence-electron chi connectivity index (χ2n) is 5.12. The lowest BCUT2D eigenvalue weighted by atomic mass is 10.0. The Morgan fingerprint density at radius 1 is 1.13 bits per heavy atom. The molecular formula is C18H20ClNO3. The topological polar surface area (TPSA) is 47.6 Å². The summed E-state index contributed by atoms with van der Waals surface area (Å²) in [6.45, 7) is 2.52. The van der Waals surface area contributed by atoms with Gasteiger partial charge in [0, 0.05) is 6.54 Å². The summed E-state index contributed by atoms with van der Waals surface area (Å²) in [5, 5.41) is 3.34. The van der Waals surface area contributed by atoms with Gasteiger partial charge in [-0.05, 0) is 48.7 Å². The van der Waals surface area contributed by atoms with Crippen molar-refractivity contribution in [1.82, 2.24) is 5.32 Å². The maximum Gasteiger partial charge on any atom is 0.252 e. The molecular weight excluding hydrogens is 314 g/mol. The highest BCUT2D eigenvalue weighted by Crippen LogP contribution is 2.30. The summed E-state index contributed by atoms with van der Waals surface area (Å²) < 4.78 is 10.6. The van der Waals surface area contributed by atoms with Gasteiger partial charge in [-0.3, -0.25) is 4.79 Å². The number of hydrogen-bond donors (Lipinski definition) is 1. The molecule has 23 heavy (non-hydrogen) atoms. The monoisotopic (exact) mass is 333 g/mol. The second-order valence-corrected chi connectivity index (χ2v) is 5.53. The van der Waals surface area contributed by atoms with Crippen molar-refractivity contribution in [2.45, 2.75) is 13.3 Å². The van der Waals surface area contributed by atoms with Crippen molar-refractivity contribution in [2.24, 2.45) is 0 Å². The largest absolute Gasteiger partial charge is 0.493 e. The number of ether oxygens (including phenoxy) is 2. The molecule has 1 amide bonds. The highest BCUT2D eigenvalue weighted by molar-refractivity contribution is 6.33. The molecule has 0 saturated carbocycles. The number of carbonyl (C=O) groups is 1. The Morgan fingerprint density at radius 3 is 2.43 bits per heavy atom. The van der Waals surface area contributed by atoms with E-state index in [0.29, 0.717) is 35.1 Å². The Labute approximate surface area is 141 Å². The van der Waals surface area contributed by atoms with Crippen molar-refractivity contribution in [3.63, 3.8) is 0 Å². The van der Waals surface area contributed by atoms with Crippen LogP contribution in [0.15, 0.2) is 36.4 Å². The fourth-order valence-corrected chi connectivity index (χ4v) is 2.56. The number of amides is 1. The first kappa shape index (κ1) is 17.2. The molecule has 2 rings (SSSR count). The van der Waals surface area contributed by atoms with Gasteiger partial charge in [-0.25, -0.2) is 0 Å². The summed E-state index contributed by atoms with van der Waals surface area (Å²) in [4.78, 5) is 12.1. The van der Waals surface area contributed by atoms with Crippen LogP contribution in [-0.2, 0) is 6.42 Å². The number of hydrogen-bond acceptors (Lipinski definition) is 3. The molecule has 0 radical (unpaired) electrons. The van der Waals surface area contributed by atoms with Gasteiger partial charge in [0.15, 0.2) is 11.5 Å². The maximum absolute atomic E-state index is 12.1. The van der Waals surface area contributed by atoms with E-state index in [1.807, 2.05) is 19.1 Å². The summed E-state index contributed by atoms with van der Waals surface area (Å²) in [6, 6.07) is 10.9. The number of nitrogens with one attached hydrogen (secondary N) is 1. The predicted octanol–water partition coefficient (Wildman–Crippen LogP) is 3.64. The first-order chi connectivity index (χ1) is 11.1. The van der Waals surface area contributed by atoms with Gasteiger partial charge < -0.3 is 14.8 Å². The summed E-state index contributed by atoms with van der Waals surface area (Å²) in [7, 11) is 3.22. The minimum atomic E-state index is -0.172. The van der Waals surface area contributed by atoms with E-state index < -0.39 is 0 Å². The van der Waals surface area contributed by atoms with E-state index in [9.17, 15) is 4.79 Å². The molecule has 0 spiro atoms. The van der Waals surface area contributed by atoms with Crippen LogP contribution < -0.4 is 14.8 Å². The Kier molecular flexibility index (Phi) is 5.88. The van der Waals surface area contributed by atoms with Crippen LogP contribution >= 0.6 is 11.6 Å². The zero-order valence-corrected chi connectivity index (χ0v) is 14.2. The predicted molar refractivity (Wildman–Crippen MR) is 91.8 cm³/mol. The molecule has 0 unspecified atom stereocenters. The lowest BCUT2D eigenvalue weighted by Crippen LogP contribution is -2.26. The Balaban J connectivity index is 2.01. The molecule has 1 N–H and O–H groups in total. The van der Waals surface area contributed by atoms with E-state index in [-0.39, 0.29) is 5.91 Å². The molecule has 2 aromatic rings. The van der Waals surface area contributed by atoms with Crippen molar-refractivity contribution in [2.75, 3.05) is 20.8 Å². The Bertz CT molecular complexity index is 701. The molecule has 4 nitrogen and oxygen atoms in total. The first-order valence-corrected chi connectivity index (χ1v) is 7.68. The van der Waals surface area contributed by atoms with E-state index in [2.05, 4.69) is 5.32 Å². The quantitative estimate of drug-likeness (QED) is 0.878. The number of carbonyl (C=O) groups excluding carboxylic acids is 1. The van der Waals surface area contributed by atoms with E-state index in [0.717, 1.165) is 11.1 Å². The van der Waals surface area contributed by atoms with Crippen molar-refractivity contribution in [3.05, 3.63) is 58.1 Å². The number of halogens is 1. The van der Waals surface area contributed by atoms with Gasteiger partial charge >= 0.3 is 0 Å². The average Bonchev–Trinajstić information content (AvgIpc) is 2.56. The molecule has 0 aliphatic carbocycles. The fraction of sp³-hybridized carbons (Fsp3) is 0.278. The number of benzene rings is 2. The molecule has 0 heterocycles. The average molecular weight is 334 g/mol. The molecule has 0 saturated heterocycles. The van der Waals surface area contributed by atoms with Crippen LogP contribution in [0.5, 0.6) is 11.5 Å². The smallest absolute Gasteiger partial charge is 0.252 e. The van der Waals surface area contributed by atoms with Crippen LogP contribution in [-0.4, -0.2) is 26.7 Å². The highest BCUT2D eigenvalue weighted by atomic mass is 35.5. The van der Waals surface area contributed by atoms with Crippen molar-refractivity contribution in [1.29, 1.82) is 0 Å². The molecule has 122 valence electrons. The van der Waals surface area contributed by atoms with Crippen LogP contribution in [0.4, 0.5) is 0 Å². The van der Waals surface area contributed by atoms with E-state index in [1.54, 1.807) is 38.5 Å². The Morgan fingerprint density at radius 2 is 1.78 bits per heavy atom. The van der Waals surface area contributed by atoms with Crippen LogP contribution in [0.2, 0.25) is 5.02 Å². The van der Waals surface area contributed by atoms with E-state index >= 15 is 0 Å². The molecule has 0 fully saturated rings. The summed E-state index contributed by atoms with van der Waals surface area (Å²) in [6.07, 6.45) is 0.697. The second kappa shape index (κ2) is 7.88. The summed E-state index contributed by atoms with van der Waals surface area (Å²) in [5.74, 6) is 1.22. The molecule has 0 bridgehead atoms. The van der Waals surface area contributed by atoms with Crippen molar-refractivity contribution in [3.8, 4) is 11.5 Å². The van der Waals surface area contributed by atoms with Gasteiger partial charge in [0.2, 0.25) is 0 Å². The van der Waals surface area contributed by atoms with Crippen molar-refractivity contribution < 1.29 is 14.3 Å². The molecule has 2 aromatic carbocycles. The number of methoxy groups -OCH3 is 2. The summed E-state index contributed by atoms with van der Waals surface area (Å²) >= 11 is 6.02. The SMILES string of the molecule is COc1cc(C)c(CCNC(=O)c2ccccc2Cl)cc1OC. The van der Waals surface area contributed by atoms with E-state index in [4.69, 9.17) is 21.1 Å². The minimum Gasteiger partial charge on any atom is -0.493 e. The van der Waals surface area contributed by atoms with Gasteiger partial charge in [-0.15, -0.1) is 0 Å². The van der Waals surface area contributed by atoms with Crippen LogP contribution in [0.25, 0.3) is 0 Å². The first-order valence-electron chi connectivity index (χ1n) is 7.31. The third-order valence-electron chi connectivity index (χ3n) is 3.64.